The zero-order valence-corrected chi connectivity index (χ0v) is 10.8. The van der Waals surface area contributed by atoms with Crippen LogP contribution in [0.2, 0.25) is 0 Å². The highest BCUT2D eigenvalue weighted by molar-refractivity contribution is 5.83. The van der Waals surface area contributed by atoms with E-state index in [4.69, 9.17) is 0 Å². The molecule has 0 bridgehead atoms. The highest BCUT2D eigenvalue weighted by Crippen LogP contribution is 2.38. The number of carbonyl (C=O) groups excluding carboxylic acids is 1. The summed E-state index contributed by atoms with van der Waals surface area (Å²) in [7, 11) is 1.99. The van der Waals surface area contributed by atoms with Crippen LogP contribution >= 0.6 is 0 Å². The van der Waals surface area contributed by atoms with Crippen molar-refractivity contribution in [1.29, 1.82) is 0 Å². The minimum atomic E-state index is -0.113. The second-order valence-electron chi connectivity index (χ2n) is 5.55. The molecule has 0 aromatic rings. The topological polar surface area (TPSA) is 32.3 Å². The highest BCUT2D eigenvalue weighted by atomic mass is 16.2. The van der Waals surface area contributed by atoms with Crippen molar-refractivity contribution in [3.8, 4) is 0 Å². The first-order chi connectivity index (χ1) is 7.60. The molecule has 0 spiro atoms. The molecule has 0 aromatic carbocycles. The van der Waals surface area contributed by atoms with Gasteiger partial charge in [-0.05, 0) is 45.1 Å². The van der Waals surface area contributed by atoms with Gasteiger partial charge in [0, 0.05) is 19.6 Å². The summed E-state index contributed by atoms with van der Waals surface area (Å²) in [5.74, 6) is 1.12. The van der Waals surface area contributed by atoms with Crippen LogP contribution < -0.4 is 5.32 Å². The van der Waals surface area contributed by atoms with Crippen molar-refractivity contribution < 1.29 is 4.79 Å². The summed E-state index contributed by atoms with van der Waals surface area (Å²) >= 11 is 0. The van der Waals surface area contributed by atoms with Crippen molar-refractivity contribution in [3.63, 3.8) is 0 Å². The van der Waals surface area contributed by atoms with Crippen molar-refractivity contribution in [3.05, 3.63) is 0 Å². The van der Waals surface area contributed by atoms with Gasteiger partial charge in [-0.15, -0.1) is 0 Å². The molecule has 1 aliphatic heterocycles. The lowest BCUT2D eigenvalue weighted by Crippen LogP contribution is -2.47. The molecule has 0 radical (unpaired) electrons. The Morgan fingerprint density at radius 2 is 2.25 bits per heavy atom. The Morgan fingerprint density at radius 1 is 1.56 bits per heavy atom. The Balaban J connectivity index is 2.04. The lowest BCUT2D eigenvalue weighted by Gasteiger charge is -2.34. The van der Waals surface area contributed by atoms with Crippen molar-refractivity contribution in [2.75, 3.05) is 20.1 Å². The largest absolute Gasteiger partial charge is 0.342 e. The Labute approximate surface area is 98.6 Å². The number of hydrogen-bond acceptors (Lipinski definition) is 2. The van der Waals surface area contributed by atoms with Gasteiger partial charge in [-0.25, -0.2) is 0 Å². The smallest absolute Gasteiger partial charge is 0.230 e. The average Bonchev–Trinajstić information content (AvgIpc) is 3.04. The monoisotopic (exact) mass is 224 g/mol. The highest BCUT2D eigenvalue weighted by Gasteiger charge is 2.43. The average molecular weight is 224 g/mol. The van der Waals surface area contributed by atoms with E-state index in [1.165, 1.54) is 12.8 Å². The molecule has 2 atom stereocenters. The van der Waals surface area contributed by atoms with E-state index in [9.17, 15) is 4.79 Å². The van der Waals surface area contributed by atoms with Gasteiger partial charge in [0.2, 0.25) is 5.91 Å². The van der Waals surface area contributed by atoms with Gasteiger partial charge in [0.1, 0.15) is 0 Å². The van der Waals surface area contributed by atoms with Crippen LogP contribution in [0.1, 0.15) is 39.5 Å². The fourth-order valence-corrected chi connectivity index (χ4v) is 2.83. The third-order valence-corrected chi connectivity index (χ3v) is 4.61. The van der Waals surface area contributed by atoms with Crippen molar-refractivity contribution in [2.24, 2.45) is 11.3 Å². The molecule has 1 saturated heterocycles. The van der Waals surface area contributed by atoms with Crippen LogP contribution in [0.15, 0.2) is 0 Å². The second kappa shape index (κ2) is 4.36. The third kappa shape index (κ3) is 1.97. The summed E-state index contributed by atoms with van der Waals surface area (Å²) in [5.41, 5.74) is -0.113. The van der Waals surface area contributed by atoms with Crippen LogP contribution in [0.5, 0.6) is 0 Å². The number of hydrogen-bond donors (Lipinski definition) is 1. The molecule has 1 saturated carbocycles. The predicted molar refractivity (Wildman–Crippen MR) is 65.2 cm³/mol. The maximum atomic E-state index is 12.6. The van der Waals surface area contributed by atoms with Gasteiger partial charge in [-0.1, -0.05) is 6.92 Å². The van der Waals surface area contributed by atoms with Gasteiger partial charge in [0.25, 0.3) is 0 Å². The summed E-state index contributed by atoms with van der Waals surface area (Å²) in [4.78, 5) is 14.6. The molecule has 16 heavy (non-hydrogen) atoms. The zero-order valence-electron chi connectivity index (χ0n) is 10.8. The lowest BCUT2D eigenvalue weighted by atomic mass is 9.82. The Bertz CT molecular complexity index is 267. The molecular weight excluding hydrogens is 200 g/mol. The fourth-order valence-electron chi connectivity index (χ4n) is 2.83. The first-order valence-corrected chi connectivity index (χ1v) is 6.59. The summed E-state index contributed by atoms with van der Waals surface area (Å²) in [6.07, 6.45) is 4.57. The van der Waals surface area contributed by atoms with Crippen molar-refractivity contribution in [1.82, 2.24) is 10.2 Å². The third-order valence-electron chi connectivity index (χ3n) is 4.61. The number of amides is 1. The van der Waals surface area contributed by atoms with Crippen LogP contribution in [0.25, 0.3) is 0 Å². The summed E-state index contributed by atoms with van der Waals surface area (Å²) in [5, 5.41) is 3.34. The van der Waals surface area contributed by atoms with Gasteiger partial charge < -0.3 is 10.2 Å². The number of carbonyl (C=O) groups is 1. The molecule has 2 aliphatic rings. The summed E-state index contributed by atoms with van der Waals surface area (Å²) in [6, 6.07) is 0.427. The van der Waals surface area contributed by atoms with Crippen molar-refractivity contribution >= 4 is 5.91 Å². The number of nitrogens with one attached hydrogen (secondary N) is 1. The minimum absolute atomic E-state index is 0.113. The summed E-state index contributed by atoms with van der Waals surface area (Å²) in [6.45, 7) is 6.19. The molecule has 1 heterocycles. The molecule has 2 unspecified atom stereocenters. The van der Waals surface area contributed by atoms with Crippen molar-refractivity contribution in [2.45, 2.75) is 45.6 Å². The molecule has 0 aromatic heterocycles. The zero-order chi connectivity index (χ0) is 11.8. The predicted octanol–water partition coefficient (Wildman–Crippen LogP) is 1.63. The SMILES string of the molecule is CCC1(C(=O)N(C)C(C)C2CC2)CCNC1. The molecule has 1 N–H and O–H groups in total. The maximum absolute atomic E-state index is 12.6. The van der Waals surface area contributed by atoms with E-state index in [0.29, 0.717) is 11.9 Å². The van der Waals surface area contributed by atoms with Gasteiger partial charge in [-0.2, -0.15) is 0 Å². The van der Waals surface area contributed by atoms with E-state index in [0.717, 1.165) is 31.8 Å². The van der Waals surface area contributed by atoms with E-state index >= 15 is 0 Å². The Morgan fingerprint density at radius 3 is 2.69 bits per heavy atom. The first-order valence-electron chi connectivity index (χ1n) is 6.59. The molecule has 92 valence electrons. The lowest BCUT2D eigenvalue weighted by molar-refractivity contribution is -0.142. The molecule has 2 fully saturated rings. The standard InChI is InChI=1S/C13H24N2O/c1-4-13(7-8-14-9-13)12(16)15(3)10(2)11-5-6-11/h10-11,14H,4-9H2,1-3H3. The van der Waals surface area contributed by atoms with E-state index in [-0.39, 0.29) is 5.41 Å². The number of rotatable bonds is 4. The second-order valence-corrected chi connectivity index (χ2v) is 5.55. The molecule has 1 amide bonds. The Kier molecular flexibility index (Phi) is 3.24. The van der Waals surface area contributed by atoms with E-state index < -0.39 is 0 Å². The summed E-state index contributed by atoms with van der Waals surface area (Å²) < 4.78 is 0. The maximum Gasteiger partial charge on any atom is 0.230 e. The van der Waals surface area contributed by atoms with Crippen LogP contribution in [0.3, 0.4) is 0 Å². The number of nitrogens with zero attached hydrogens (tertiary/aromatic N) is 1. The van der Waals surface area contributed by atoms with E-state index in [1.54, 1.807) is 0 Å². The first kappa shape index (κ1) is 11.9. The van der Waals surface area contributed by atoms with Gasteiger partial charge in [-0.3, -0.25) is 4.79 Å². The van der Waals surface area contributed by atoms with Crippen LogP contribution in [0.4, 0.5) is 0 Å². The molecule has 2 rings (SSSR count). The van der Waals surface area contributed by atoms with Crippen LogP contribution in [0, 0.1) is 11.3 Å². The molecular formula is C13H24N2O. The fraction of sp³-hybridized carbons (Fsp3) is 0.923. The minimum Gasteiger partial charge on any atom is -0.342 e. The quantitative estimate of drug-likeness (QED) is 0.787. The molecule has 1 aliphatic carbocycles. The van der Waals surface area contributed by atoms with Gasteiger partial charge in [0.05, 0.1) is 5.41 Å². The molecule has 3 nitrogen and oxygen atoms in total. The van der Waals surface area contributed by atoms with E-state index in [2.05, 4.69) is 19.2 Å². The van der Waals surface area contributed by atoms with Crippen LogP contribution in [-0.2, 0) is 4.79 Å². The van der Waals surface area contributed by atoms with Crippen LogP contribution in [-0.4, -0.2) is 37.0 Å². The van der Waals surface area contributed by atoms with Gasteiger partial charge >= 0.3 is 0 Å². The normalized spacial score (nSPS) is 31.4. The molecule has 3 heteroatoms. The van der Waals surface area contributed by atoms with E-state index in [1.807, 2.05) is 11.9 Å². The van der Waals surface area contributed by atoms with Gasteiger partial charge in [0.15, 0.2) is 0 Å². The Hall–Kier alpha value is -0.570.